The summed E-state index contributed by atoms with van der Waals surface area (Å²) in [4.78, 5) is 49.7. The first-order valence-electron chi connectivity index (χ1n) is 10.1. The van der Waals surface area contributed by atoms with Gasteiger partial charge < -0.3 is 10.6 Å². The van der Waals surface area contributed by atoms with Crippen molar-refractivity contribution < 1.29 is 19.2 Å². The molecule has 0 bridgehead atoms. The van der Waals surface area contributed by atoms with E-state index in [4.69, 9.17) is 0 Å². The highest BCUT2D eigenvalue weighted by atomic mass is 16.2. The molecule has 0 spiro atoms. The number of imide groups is 2. The number of carbonyl (C=O) groups is 4. The van der Waals surface area contributed by atoms with Crippen molar-refractivity contribution in [3.8, 4) is 0 Å². The highest BCUT2D eigenvalue weighted by Gasteiger charge is 2.47. The summed E-state index contributed by atoms with van der Waals surface area (Å²) in [6.07, 6.45) is 9.66. The predicted molar refractivity (Wildman–Crippen MR) is 101 cm³/mol. The zero-order chi connectivity index (χ0) is 19.9. The number of urea groups is 2. The second kappa shape index (κ2) is 9.71. The largest absolute Gasteiger partial charge is 0.335 e. The standard InChI is InChI=1S/C19H32N4O4/c1-3-4-5-9-12-19(2)16(25)23(18(27)22-19)13-15(24)21-17(26)20-14-10-7-6-8-11-14/h14H,3-13H2,1-2H3,(H,22,27)(H2,20,21,24,26)/t19-/m0/s1. The lowest BCUT2D eigenvalue weighted by molar-refractivity contribution is -0.134. The molecular weight excluding hydrogens is 348 g/mol. The van der Waals surface area contributed by atoms with Gasteiger partial charge in [-0.1, -0.05) is 51.9 Å². The SMILES string of the molecule is CCCCCC[C@]1(C)NC(=O)N(CC(=O)NC(=O)NC2CCCCC2)C1=O. The lowest BCUT2D eigenvalue weighted by Gasteiger charge is -2.23. The Kier molecular flexibility index (Phi) is 7.62. The van der Waals surface area contributed by atoms with Crippen LogP contribution in [0.1, 0.15) is 78.1 Å². The zero-order valence-electron chi connectivity index (χ0n) is 16.4. The molecule has 0 radical (unpaired) electrons. The monoisotopic (exact) mass is 380 g/mol. The molecule has 6 amide bonds. The Balaban J connectivity index is 1.81. The second-order valence-electron chi connectivity index (χ2n) is 7.82. The van der Waals surface area contributed by atoms with Gasteiger partial charge in [-0.05, 0) is 26.2 Å². The van der Waals surface area contributed by atoms with E-state index >= 15 is 0 Å². The molecule has 8 nitrogen and oxygen atoms in total. The molecule has 8 heteroatoms. The fourth-order valence-corrected chi connectivity index (χ4v) is 3.74. The molecule has 0 aromatic rings. The van der Waals surface area contributed by atoms with E-state index in [-0.39, 0.29) is 6.04 Å². The van der Waals surface area contributed by atoms with Crippen molar-refractivity contribution in [3.63, 3.8) is 0 Å². The molecule has 0 unspecified atom stereocenters. The summed E-state index contributed by atoms with van der Waals surface area (Å²) < 4.78 is 0. The minimum atomic E-state index is -0.977. The van der Waals surface area contributed by atoms with Crippen molar-refractivity contribution in [1.29, 1.82) is 0 Å². The fourth-order valence-electron chi connectivity index (χ4n) is 3.74. The Morgan fingerprint density at radius 3 is 2.52 bits per heavy atom. The van der Waals surface area contributed by atoms with Crippen LogP contribution in [0, 0.1) is 0 Å². The fraction of sp³-hybridized carbons (Fsp3) is 0.789. The topological polar surface area (TPSA) is 108 Å². The summed E-state index contributed by atoms with van der Waals surface area (Å²) in [6, 6.07) is -1.07. The van der Waals surface area contributed by atoms with Gasteiger partial charge in [0.15, 0.2) is 0 Å². The Bertz CT molecular complexity index is 574. The van der Waals surface area contributed by atoms with Gasteiger partial charge in [0, 0.05) is 6.04 Å². The minimum absolute atomic E-state index is 0.0784. The molecule has 152 valence electrons. The van der Waals surface area contributed by atoms with Crippen LogP contribution in [0.4, 0.5) is 9.59 Å². The number of rotatable bonds is 8. The van der Waals surface area contributed by atoms with Crippen molar-refractivity contribution in [2.75, 3.05) is 6.54 Å². The number of nitrogens with zero attached hydrogens (tertiary/aromatic N) is 1. The van der Waals surface area contributed by atoms with Gasteiger partial charge >= 0.3 is 12.1 Å². The Labute approximate surface area is 160 Å². The van der Waals surface area contributed by atoms with Crippen LogP contribution < -0.4 is 16.0 Å². The third-order valence-corrected chi connectivity index (χ3v) is 5.37. The maximum absolute atomic E-state index is 12.6. The van der Waals surface area contributed by atoms with Crippen LogP contribution in [0.15, 0.2) is 0 Å². The Morgan fingerprint density at radius 2 is 1.85 bits per heavy atom. The van der Waals surface area contributed by atoms with Crippen molar-refractivity contribution >= 4 is 23.9 Å². The molecule has 1 saturated carbocycles. The molecule has 1 aliphatic carbocycles. The van der Waals surface area contributed by atoms with Crippen molar-refractivity contribution in [1.82, 2.24) is 20.9 Å². The van der Waals surface area contributed by atoms with E-state index in [2.05, 4.69) is 22.9 Å². The first-order chi connectivity index (χ1) is 12.9. The first-order valence-corrected chi connectivity index (χ1v) is 10.1. The van der Waals surface area contributed by atoms with E-state index in [0.29, 0.717) is 6.42 Å². The molecule has 2 rings (SSSR count). The van der Waals surface area contributed by atoms with Crippen LogP contribution in [0.2, 0.25) is 0 Å². The molecule has 2 aliphatic rings. The summed E-state index contributed by atoms with van der Waals surface area (Å²) in [5, 5.41) is 7.69. The molecule has 1 atom stereocenters. The van der Waals surface area contributed by atoms with Crippen LogP contribution in [0.5, 0.6) is 0 Å². The minimum Gasteiger partial charge on any atom is -0.335 e. The van der Waals surface area contributed by atoms with E-state index in [1.807, 2.05) is 0 Å². The van der Waals surface area contributed by atoms with Gasteiger partial charge in [-0.25, -0.2) is 9.59 Å². The van der Waals surface area contributed by atoms with Crippen molar-refractivity contribution in [3.05, 3.63) is 0 Å². The summed E-state index contributed by atoms with van der Waals surface area (Å²) in [7, 11) is 0. The number of nitrogens with one attached hydrogen (secondary N) is 3. The lowest BCUT2D eigenvalue weighted by atomic mass is 9.94. The predicted octanol–water partition coefficient (Wildman–Crippen LogP) is 2.43. The molecule has 1 aliphatic heterocycles. The smallest absolute Gasteiger partial charge is 0.325 e. The molecule has 2 fully saturated rings. The number of amides is 6. The Hall–Kier alpha value is -2.12. The Morgan fingerprint density at radius 1 is 1.15 bits per heavy atom. The molecule has 27 heavy (non-hydrogen) atoms. The average Bonchev–Trinajstić information content (AvgIpc) is 2.83. The average molecular weight is 380 g/mol. The number of carbonyl (C=O) groups excluding carboxylic acids is 4. The lowest BCUT2D eigenvalue weighted by Crippen LogP contribution is -2.49. The maximum Gasteiger partial charge on any atom is 0.325 e. The van der Waals surface area contributed by atoms with Crippen LogP contribution in [-0.4, -0.2) is 46.9 Å². The van der Waals surface area contributed by atoms with E-state index in [9.17, 15) is 19.2 Å². The molecule has 3 N–H and O–H groups in total. The summed E-state index contributed by atoms with van der Waals surface area (Å²) in [5.41, 5.74) is -0.977. The van der Waals surface area contributed by atoms with E-state index < -0.39 is 36.0 Å². The van der Waals surface area contributed by atoms with Gasteiger partial charge in [-0.3, -0.25) is 19.8 Å². The molecule has 0 aromatic heterocycles. The quantitative estimate of drug-likeness (QED) is 0.444. The van der Waals surface area contributed by atoms with Gasteiger partial charge in [0.05, 0.1) is 0 Å². The number of hydrogen-bond acceptors (Lipinski definition) is 4. The molecular formula is C19H32N4O4. The van der Waals surface area contributed by atoms with Gasteiger partial charge in [-0.2, -0.15) is 0 Å². The van der Waals surface area contributed by atoms with Crippen LogP contribution in [0.3, 0.4) is 0 Å². The number of unbranched alkanes of at least 4 members (excludes halogenated alkanes) is 3. The van der Waals surface area contributed by atoms with Crippen LogP contribution in [-0.2, 0) is 9.59 Å². The van der Waals surface area contributed by atoms with Crippen molar-refractivity contribution in [2.24, 2.45) is 0 Å². The third-order valence-electron chi connectivity index (χ3n) is 5.37. The highest BCUT2D eigenvalue weighted by Crippen LogP contribution is 2.24. The van der Waals surface area contributed by atoms with E-state index in [1.165, 1.54) is 6.42 Å². The van der Waals surface area contributed by atoms with Crippen LogP contribution >= 0.6 is 0 Å². The maximum atomic E-state index is 12.6. The zero-order valence-corrected chi connectivity index (χ0v) is 16.4. The van der Waals surface area contributed by atoms with Gasteiger partial charge in [0.1, 0.15) is 12.1 Å². The summed E-state index contributed by atoms with van der Waals surface area (Å²) >= 11 is 0. The highest BCUT2D eigenvalue weighted by molar-refractivity contribution is 6.09. The summed E-state index contributed by atoms with van der Waals surface area (Å²) in [5.74, 6) is -1.08. The van der Waals surface area contributed by atoms with Gasteiger partial charge in [0.2, 0.25) is 5.91 Å². The number of hydrogen-bond donors (Lipinski definition) is 3. The van der Waals surface area contributed by atoms with Gasteiger partial charge in [-0.15, -0.1) is 0 Å². The van der Waals surface area contributed by atoms with Gasteiger partial charge in [0.25, 0.3) is 5.91 Å². The van der Waals surface area contributed by atoms with E-state index in [0.717, 1.165) is 56.3 Å². The van der Waals surface area contributed by atoms with Crippen molar-refractivity contribution in [2.45, 2.75) is 89.6 Å². The normalized spacial score (nSPS) is 23.3. The third kappa shape index (κ3) is 5.94. The van der Waals surface area contributed by atoms with E-state index in [1.54, 1.807) is 6.92 Å². The second-order valence-corrected chi connectivity index (χ2v) is 7.82. The van der Waals surface area contributed by atoms with Crippen LogP contribution in [0.25, 0.3) is 0 Å². The first kappa shape index (κ1) is 21.2. The summed E-state index contributed by atoms with van der Waals surface area (Å²) in [6.45, 7) is 3.34. The molecule has 0 aromatic carbocycles. The molecule has 1 saturated heterocycles. The molecule has 1 heterocycles.